The summed E-state index contributed by atoms with van der Waals surface area (Å²) in [6, 6.07) is 21.1. The second-order valence-corrected chi connectivity index (χ2v) is 14.7. The molecule has 1 aromatic heterocycles. The number of nitrogens with zero attached hydrogens (tertiary/aromatic N) is 2. The van der Waals surface area contributed by atoms with Crippen molar-refractivity contribution < 1.29 is 22.7 Å². The SMILES string of the molecule is COc1ccc(OC)c(S(=O)(=O)C(c2ccccc2NC(=O)Nc2cc(C(C)(C)C)nn2-c2ccc(C)cc2)C2CCNCC2)c1. The Labute approximate surface area is 271 Å². The molecule has 0 aliphatic carbocycles. The Morgan fingerprint density at radius 1 is 0.957 bits per heavy atom. The van der Waals surface area contributed by atoms with E-state index < -0.39 is 21.1 Å². The predicted molar refractivity (Wildman–Crippen MR) is 181 cm³/mol. The number of carbonyl (C=O) groups excluding carboxylic acids is 1. The number of sulfone groups is 1. The fourth-order valence-corrected chi connectivity index (χ4v) is 8.12. The third-order valence-electron chi connectivity index (χ3n) is 8.34. The van der Waals surface area contributed by atoms with Gasteiger partial charge in [0.25, 0.3) is 0 Å². The number of rotatable bonds is 9. The molecule has 5 rings (SSSR count). The Bertz CT molecular complexity index is 1790. The zero-order valence-corrected chi connectivity index (χ0v) is 28.1. The van der Waals surface area contributed by atoms with Crippen LogP contribution in [0.1, 0.15) is 55.7 Å². The van der Waals surface area contributed by atoms with E-state index in [2.05, 4.69) is 36.7 Å². The molecule has 0 spiro atoms. The summed E-state index contributed by atoms with van der Waals surface area (Å²) in [5.41, 5.74) is 3.39. The van der Waals surface area contributed by atoms with E-state index in [1.807, 2.05) is 37.3 Å². The molecular formula is C35H43N5O5S. The zero-order chi connectivity index (χ0) is 33.1. The van der Waals surface area contributed by atoms with Gasteiger partial charge in [-0.25, -0.2) is 17.9 Å². The van der Waals surface area contributed by atoms with E-state index in [9.17, 15) is 13.2 Å². The first-order chi connectivity index (χ1) is 21.9. The summed E-state index contributed by atoms with van der Waals surface area (Å²) in [7, 11) is -1.08. The summed E-state index contributed by atoms with van der Waals surface area (Å²) in [5, 5.41) is 13.1. The Kier molecular flexibility index (Phi) is 9.74. The highest BCUT2D eigenvalue weighted by atomic mass is 32.2. The number of benzene rings is 3. The molecule has 2 amide bonds. The van der Waals surface area contributed by atoms with Gasteiger partial charge in [-0.15, -0.1) is 0 Å². The fraction of sp³-hybridized carbons (Fsp3) is 0.371. The first-order valence-electron chi connectivity index (χ1n) is 15.4. The molecule has 1 fully saturated rings. The lowest BCUT2D eigenvalue weighted by molar-refractivity contribution is 0.262. The van der Waals surface area contributed by atoms with Gasteiger partial charge >= 0.3 is 6.03 Å². The van der Waals surface area contributed by atoms with Crippen LogP contribution in [0.3, 0.4) is 0 Å². The average molecular weight is 646 g/mol. The van der Waals surface area contributed by atoms with Gasteiger partial charge in [0, 0.05) is 23.2 Å². The minimum Gasteiger partial charge on any atom is -0.497 e. The summed E-state index contributed by atoms with van der Waals surface area (Å²) >= 11 is 0. The number of para-hydroxylation sites is 1. The lowest BCUT2D eigenvalue weighted by Crippen LogP contribution is -2.34. The predicted octanol–water partition coefficient (Wildman–Crippen LogP) is 6.65. The highest BCUT2D eigenvalue weighted by Crippen LogP contribution is 2.45. The molecule has 3 aromatic carbocycles. The van der Waals surface area contributed by atoms with Gasteiger partial charge in [-0.3, -0.25) is 5.32 Å². The molecule has 3 N–H and O–H groups in total. The lowest BCUT2D eigenvalue weighted by Gasteiger charge is -2.32. The van der Waals surface area contributed by atoms with Crippen LogP contribution in [0.4, 0.5) is 16.3 Å². The number of nitrogens with one attached hydrogen (secondary N) is 3. The molecule has 2 heterocycles. The van der Waals surface area contributed by atoms with Crippen molar-refractivity contribution in [2.75, 3.05) is 37.9 Å². The van der Waals surface area contributed by atoms with Crippen LogP contribution < -0.4 is 25.4 Å². The van der Waals surface area contributed by atoms with Crippen molar-refractivity contribution in [3.8, 4) is 17.2 Å². The van der Waals surface area contributed by atoms with E-state index in [1.54, 1.807) is 41.1 Å². The summed E-state index contributed by atoms with van der Waals surface area (Å²) in [6.45, 7) is 9.59. The Hall–Kier alpha value is -4.35. The smallest absolute Gasteiger partial charge is 0.324 e. The number of amides is 2. The van der Waals surface area contributed by atoms with E-state index >= 15 is 0 Å². The molecule has 0 bridgehead atoms. The maximum absolute atomic E-state index is 14.6. The van der Waals surface area contributed by atoms with E-state index in [0.717, 1.165) is 16.9 Å². The third kappa shape index (κ3) is 7.05. The molecule has 1 aliphatic heterocycles. The van der Waals surface area contributed by atoms with Gasteiger partial charge in [0.2, 0.25) is 0 Å². The Balaban J connectivity index is 1.53. The van der Waals surface area contributed by atoms with Crippen molar-refractivity contribution in [1.82, 2.24) is 15.1 Å². The van der Waals surface area contributed by atoms with Gasteiger partial charge < -0.3 is 20.1 Å². The number of aromatic nitrogens is 2. The van der Waals surface area contributed by atoms with E-state index in [4.69, 9.17) is 14.6 Å². The summed E-state index contributed by atoms with van der Waals surface area (Å²) in [4.78, 5) is 13.7. The van der Waals surface area contributed by atoms with Crippen LogP contribution in [0, 0.1) is 12.8 Å². The zero-order valence-electron chi connectivity index (χ0n) is 27.3. The number of hydrogen-bond donors (Lipinski definition) is 3. The summed E-state index contributed by atoms with van der Waals surface area (Å²) in [5.74, 6) is 0.939. The molecule has 46 heavy (non-hydrogen) atoms. The van der Waals surface area contributed by atoms with Crippen molar-refractivity contribution in [2.45, 2.75) is 56.1 Å². The van der Waals surface area contributed by atoms with Crippen LogP contribution in [0.2, 0.25) is 0 Å². The Morgan fingerprint density at radius 3 is 2.30 bits per heavy atom. The molecule has 0 saturated carbocycles. The van der Waals surface area contributed by atoms with Crippen LogP contribution in [-0.2, 0) is 15.3 Å². The minimum absolute atomic E-state index is 0.0499. The molecule has 1 atom stereocenters. The molecule has 0 radical (unpaired) electrons. The topological polar surface area (TPSA) is 124 Å². The summed E-state index contributed by atoms with van der Waals surface area (Å²) < 4.78 is 41.9. The van der Waals surface area contributed by atoms with Crippen LogP contribution in [-0.4, -0.2) is 51.5 Å². The largest absolute Gasteiger partial charge is 0.497 e. The van der Waals surface area contributed by atoms with Gasteiger partial charge in [0.05, 0.1) is 30.9 Å². The number of anilines is 2. The number of piperidine rings is 1. The number of hydrogen-bond acceptors (Lipinski definition) is 7. The highest BCUT2D eigenvalue weighted by molar-refractivity contribution is 7.91. The monoisotopic (exact) mass is 645 g/mol. The second-order valence-electron chi connectivity index (χ2n) is 12.6. The van der Waals surface area contributed by atoms with Gasteiger partial charge in [-0.1, -0.05) is 56.7 Å². The third-order valence-corrected chi connectivity index (χ3v) is 10.6. The van der Waals surface area contributed by atoms with E-state index in [0.29, 0.717) is 48.7 Å². The number of urea groups is 1. The highest BCUT2D eigenvalue weighted by Gasteiger charge is 2.40. The number of methoxy groups -OCH3 is 2. The quantitative estimate of drug-likeness (QED) is 0.186. The first-order valence-corrected chi connectivity index (χ1v) is 17.0. The normalized spacial score (nSPS) is 14.8. The maximum atomic E-state index is 14.6. The number of carbonyl (C=O) groups is 1. The van der Waals surface area contributed by atoms with Crippen molar-refractivity contribution in [2.24, 2.45) is 5.92 Å². The molecular weight excluding hydrogens is 602 g/mol. The molecule has 4 aromatic rings. The number of aryl methyl sites for hydroxylation is 1. The van der Waals surface area contributed by atoms with Gasteiger partial charge in [0.1, 0.15) is 22.2 Å². The van der Waals surface area contributed by atoms with Crippen LogP contribution in [0.15, 0.2) is 77.7 Å². The number of ether oxygens (including phenoxy) is 2. The average Bonchev–Trinajstić information content (AvgIpc) is 3.46. The van der Waals surface area contributed by atoms with Crippen LogP contribution >= 0.6 is 0 Å². The van der Waals surface area contributed by atoms with Gasteiger partial charge in [-0.2, -0.15) is 5.10 Å². The molecule has 1 aliphatic rings. The van der Waals surface area contributed by atoms with Crippen LogP contribution in [0.5, 0.6) is 11.5 Å². The van der Waals surface area contributed by atoms with Gasteiger partial charge in [0.15, 0.2) is 9.84 Å². The van der Waals surface area contributed by atoms with Crippen molar-refractivity contribution in [1.29, 1.82) is 0 Å². The molecule has 244 valence electrons. The van der Waals surface area contributed by atoms with Crippen molar-refractivity contribution in [3.63, 3.8) is 0 Å². The minimum atomic E-state index is -4.02. The lowest BCUT2D eigenvalue weighted by atomic mass is 9.89. The fourth-order valence-electron chi connectivity index (χ4n) is 5.81. The van der Waals surface area contributed by atoms with E-state index in [1.165, 1.54) is 20.3 Å². The van der Waals surface area contributed by atoms with Gasteiger partial charge in [-0.05, 0) is 74.7 Å². The maximum Gasteiger partial charge on any atom is 0.324 e. The summed E-state index contributed by atoms with van der Waals surface area (Å²) in [6.07, 6.45) is 1.31. The first kappa shape index (κ1) is 33.0. The standard InChI is InChI=1S/C35H43N5O5S/c1-23-11-13-25(14-12-23)40-32(22-31(39-40)35(2,3)4)38-34(41)37-28-10-8-7-9-27(28)33(24-17-19-36-20-18-24)46(42,43)30-21-26(44-5)15-16-29(30)45-6/h7-16,21-22,24,33,36H,17-20H2,1-6H3,(H2,37,38,41). The molecule has 10 nitrogen and oxygen atoms in total. The van der Waals surface area contributed by atoms with Crippen molar-refractivity contribution >= 4 is 27.4 Å². The van der Waals surface area contributed by atoms with E-state index in [-0.39, 0.29) is 22.0 Å². The van der Waals surface area contributed by atoms with Crippen LogP contribution in [0.25, 0.3) is 5.69 Å². The second kappa shape index (κ2) is 13.6. The molecule has 1 unspecified atom stereocenters. The molecule has 11 heteroatoms. The Morgan fingerprint density at radius 2 is 1.65 bits per heavy atom. The molecule has 1 saturated heterocycles. The van der Waals surface area contributed by atoms with Crippen molar-refractivity contribution in [3.05, 3.63) is 89.6 Å².